The number of Topliss-reactive ketones (excluding diaryl/α,β-unsaturated/α-hetero) is 1. The van der Waals surface area contributed by atoms with Gasteiger partial charge in [0.05, 0.1) is 0 Å². The van der Waals surface area contributed by atoms with E-state index >= 15 is 0 Å². The van der Waals surface area contributed by atoms with Crippen LogP contribution in [0.1, 0.15) is 78.6 Å². The van der Waals surface area contributed by atoms with Crippen molar-refractivity contribution in [2.45, 2.75) is 84.2 Å². The third-order valence-corrected chi connectivity index (χ3v) is 9.23. The lowest BCUT2D eigenvalue weighted by atomic mass is 9.46. The van der Waals surface area contributed by atoms with Crippen molar-refractivity contribution in [2.75, 3.05) is 6.61 Å². The number of hydrogen-bond acceptors (Lipinski definition) is 5. The molecule has 0 heterocycles. The first-order valence-corrected chi connectivity index (χ1v) is 11.3. The number of carbonyl (C=O) groups is 3. The van der Waals surface area contributed by atoms with Crippen LogP contribution in [0.4, 0.5) is 0 Å². The fourth-order valence-corrected chi connectivity index (χ4v) is 7.40. The highest BCUT2D eigenvalue weighted by Gasteiger charge is 2.66. The number of carbonyl (C=O) groups excluding carboxylic acids is 3. The molecule has 4 rings (SSSR count). The fourth-order valence-electron chi connectivity index (χ4n) is 7.40. The molecule has 0 aromatic carbocycles. The standard InChI is InChI=1S/C24H34O5/c1-4-21(27)29-14-20(26)24(28)12-9-19-17-6-5-15-13-16(25)7-10-22(15,2)18(17)8-11-23(19,24)3/h13,17-19,28H,4-12,14H2,1-3H3/t17-,18+,19+,22+,23+,24+/m1/s1. The minimum absolute atomic E-state index is 0.0829. The van der Waals surface area contributed by atoms with E-state index in [1.807, 2.05) is 6.08 Å². The summed E-state index contributed by atoms with van der Waals surface area (Å²) in [5.74, 6) is 0.811. The molecule has 0 saturated heterocycles. The van der Waals surface area contributed by atoms with Crippen molar-refractivity contribution in [3.63, 3.8) is 0 Å². The molecule has 5 heteroatoms. The highest BCUT2D eigenvalue weighted by Crippen LogP contribution is 2.67. The van der Waals surface area contributed by atoms with Crippen molar-refractivity contribution in [3.05, 3.63) is 11.6 Å². The van der Waals surface area contributed by atoms with Crippen LogP contribution in [0.3, 0.4) is 0 Å². The summed E-state index contributed by atoms with van der Waals surface area (Å²) in [5.41, 5.74) is -0.462. The van der Waals surface area contributed by atoms with Crippen LogP contribution in [-0.4, -0.2) is 34.9 Å². The maximum absolute atomic E-state index is 13.0. The molecule has 4 aliphatic rings. The summed E-state index contributed by atoms with van der Waals surface area (Å²) in [4.78, 5) is 36.4. The molecule has 0 aliphatic heterocycles. The monoisotopic (exact) mass is 402 g/mol. The molecule has 5 nitrogen and oxygen atoms in total. The predicted octanol–water partition coefficient (Wildman–Crippen LogP) is 3.77. The van der Waals surface area contributed by atoms with E-state index in [1.54, 1.807) is 6.92 Å². The predicted molar refractivity (Wildman–Crippen MR) is 108 cm³/mol. The molecule has 0 amide bonds. The lowest BCUT2D eigenvalue weighted by molar-refractivity contribution is -0.169. The first-order chi connectivity index (χ1) is 13.7. The van der Waals surface area contributed by atoms with Crippen molar-refractivity contribution < 1.29 is 24.2 Å². The molecule has 1 N–H and O–H groups in total. The van der Waals surface area contributed by atoms with Crippen LogP contribution in [0.2, 0.25) is 0 Å². The number of ketones is 2. The maximum atomic E-state index is 13.0. The van der Waals surface area contributed by atoms with Gasteiger partial charge in [-0.1, -0.05) is 26.3 Å². The Morgan fingerprint density at radius 2 is 1.83 bits per heavy atom. The second-order valence-corrected chi connectivity index (χ2v) is 10.3. The van der Waals surface area contributed by atoms with Crippen molar-refractivity contribution in [3.8, 4) is 0 Å². The summed E-state index contributed by atoms with van der Waals surface area (Å²) < 4.78 is 5.07. The number of aliphatic hydroxyl groups is 1. The minimum Gasteiger partial charge on any atom is -0.458 e. The summed E-state index contributed by atoms with van der Waals surface area (Å²) in [6.45, 7) is 5.78. The Labute approximate surface area is 173 Å². The van der Waals surface area contributed by atoms with Gasteiger partial charge < -0.3 is 9.84 Å². The van der Waals surface area contributed by atoms with Gasteiger partial charge in [-0.15, -0.1) is 0 Å². The Hall–Kier alpha value is -1.49. The zero-order chi connectivity index (χ0) is 21.0. The van der Waals surface area contributed by atoms with Crippen LogP contribution < -0.4 is 0 Å². The summed E-state index contributed by atoms with van der Waals surface area (Å²) in [6, 6.07) is 0. The van der Waals surface area contributed by atoms with E-state index in [2.05, 4.69) is 13.8 Å². The number of fused-ring (bicyclic) bond motifs is 5. The third-order valence-electron chi connectivity index (χ3n) is 9.23. The summed E-state index contributed by atoms with van der Waals surface area (Å²) >= 11 is 0. The number of esters is 1. The van der Waals surface area contributed by atoms with E-state index in [-0.39, 0.29) is 30.0 Å². The van der Waals surface area contributed by atoms with Crippen LogP contribution in [-0.2, 0) is 19.1 Å². The largest absolute Gasteiger partial charge is 0.458 e. The SMILES string of the molecule is CCC(=O)OCC(=O)[C@@]1(O)CC[C@H]2[C@@H]3CCC4=CC(=O)CC[C@]4(C)[C@H]3CC[C@@]21C. The summed E-state index contributed by atoms with van der Waals surface area (Å²) in [7, 11) is 0. The van der Waals surface area contributed by atoms with Gasteiger partial charge in [-0.25, -0.2) is 0 Å². The van der Waals surface area contributed by atoms with Crippen molar-refractivity contribution in [1.82, 2.24) is 0 Å². The molecule has 0 unspecified atom stereocenters. The zero-order valence-corrected chi connectivity index (χ0v) is 18.0. The van der Waals surface area contributed by atoms with Crippen LogP contribution in [0, 0.1) is 28.6 Å². The highest BCUT2D eigenvalue weighted by atomic mass is 16.5. The van der Waals surface area contributed by atoms with Crippen molar-refractivity contribution >= 4 is 17.5 Å². The van der Waals surface area contributed by atoms with Crippen LogP contribution >= 0.6 is 0 Å². The highest BCUT2D eigenvalue weighted by molar-refractivity contribution is 5.92. The molecule has 0 radical (unpaired) electrons. The van der Waals surface area contributed by atoms with Crippen molar-refractivity contribution in [1.29, 1.82) is 0 Å². The number of rotatable bonds is 4. The molecule has 0 aromatic heterocycles. The van der Waals surface area contributed by atoms with E-state index in [0.717, 1.165) is 38.5 Å². The van der Waals surface area contributed by atoms with Gasteiger partial charge in [-0.2, -0.15) is 0 Å². The second kappa shape index (κ2) is 7.04. The molecule has 29 heavy (non-hydrogen) atoms. The Balaban J connectivity index is 1.57. The Kier molecular flexibility index (Phi) is 5.04. The number of allylic oxidation sites excluding steroid dienone is 1. The smallest absolute Gasteiger partial charge is 0.305 e. The van der Waals surface area contributed by atoms with Gasteiger partial charge in [0.25, 0.3) is 0 Å². The van der Waals surface area contributed by atoms with Gasteiger partial charge in [0.2, 0.25) is 5.78 Å². The van der Waals surface area contributed by atoms with Crippen LogP contribution in [0.5, 0.6) is 0 Å². The van der Waals surface area contributed by atoms with Gasteiger partial charge in [-0.05, 0) is 74.2 Å². The molecule has 4 aliphatic carbocycles. The summed E-state index contributed by atoms with van der Waals surface area (Å²) in [5, 5.41) is 11.5. The molecular weight excluding hydrogens is 368 g/mol. The molecule has 3 saturated carbocycles. The molecule has 0 spiro atoms. The third kappa shape index (κ3) is 2.95. The number of hydrogen-bond donors (Lipinski definition) is 1. The van der Waals surface area contributed by atoms with Crippen LogP contribution in [0.15, 0.2) is 11.6 Å². The second-order valence-electron chi connectivity index (χ2n) is 10.3. The van der Waals surface area contributed by atoms with E-state index in [0.29, 0.717) is 30.6 Å². The Morgan fingerprint density at radius 3 is 2.55 bits per heavy atom. The van der Waals surface area contributed by atoms with E-state index in [9.17, 15) is 19.5 Å². The molecule has 160 valence electrons. The van der Waals surface area contributed by atoms with Gasteiger partial charge in [0, 0.05) is 18.3 Å². The average Bonchev–Trinajstić information content (AvgIpc) is 2.98. The summed E-state index contributed by atoms with van der Waals surface area (Å²) in [6.07, 6.45) is 8.77. The van der Waals surface area contributed by atoms with Crippen molar-refractivity contribution in [2.24, 2.45) is 28.6 Å². The molecule has 0 bridgehead atoms. The molecule has 0 aromatic rings. The lowest BCUT2D eigenvalue weighted by Gasteiger charge is -2.58. The number of ether oxygens (including phenoxy) is 1. The van der Waals surface area contributed by atoms with Gasteiger partial charge in [0.1, 0.15) is 5.60 Å². The first-order valence-electron chi connectivity index (χ1n) is 11.3. The van der Waals surface area contributed by atoms with E-state index in [4.69, 9.17) is 4.74 Å². The van der Waals surface area contributed by atoms with Crippen LogP contribution in [0.25, 0.3) is 0 Å². The van der Waals surface area contributed by atoms with Gasteiger partial charge in [-0.3, -0.25) is 14.4 Å². The Bertz CT molecular complexity index is 769. The normalized spacial score (nSPS) is 43.7. The topological polar surface area (TPSA) is 80.7 Å². The molecule has 6 atom stereocenters. The van der Waals surface area contributed by atoms with Gasteiger partial charge >= 0.3 is 5.97 Å². The lowest BCUT2D eigenvalue weighted by Crippen LogP contribution is -2.58. The van der Waals surface area contributed by atoms with E-state index < -0.39 is 17.0 Å². The van der Waals surface area contributed by atoms with E-state index in [1.165, 1.54) is 5.57 Å². The minimum atomic E-state index is -1.41. The zero-order valence-electron chi connectivity index (χ0n) is 18.0. The average molecular weight is 403 g/mol. The maximum Gasteiger partial charge on any atom is 0.305 e. The van der Waals surface area contributed by atoms with Gasteiger partial charge in [0.15, 0.2) is 12.4 Å². The first kappa shape index (κ1) is 20.8. The molecular formula is C24H34O5. The molecule has 3 fully saturated rings. The Morgan fingerprint density at radius 1 is 1.10 bits per heavy atom. The fraction of sp³-hybridized carbons (Fsp3) is 0.792. The quantitative estimate of drug-likeness (QED) is 0.724.